The Morgan fingerprint density at radius 2 is 1.73 bits per heavy atom. The maximum Gasteiger partial charge on any atom is 0.130 e. The van der Waals surface area contributed by atoms with Gasteiger partial charge in [0.15, 0.2) is 0 Å². The average molecular weight is 354 g/mol. The Morgan fingerprint density at radius 1 is 1.04 bits per heavy atom. The van der Waals surface area contributed by atoms with E-state index in [9.17, 15) is 0 Å². The summed E-state index contributed by atoms with van der Waals surface area (Å²) in [6.07, 6.45) is 4.04. The van der Waals surface area contributed by atoms with Crippen molar-refractivity contribution in [2.45, 2.75) is 70.8 Å². The van der Waals surface area contributed by atoms with Gasteiger partial charge >= 0.3 is 0 Å². The lowest BCUT2D eigenvalue weighted by molar-refractivity contribution is 0.145. The van der Waals surface area contributed by atoms with Gasteiger partial charge in [-0.15, -0.1) is 0 Å². The molecule has 1 fully saturated rings. The van der Waals surface area contributed by atoms with Crippen LogP contribution in [0, 0.1) is 0 Å². The molecule has 2 heterocycles. The molecule has 1 aromatic carbocycles. The predicted octanol–water partition coefficient (Wildman–Crippen LogP) is 4.06. The number of pyridine rings is 1. The summed E-state index contributed by atoms with van der Waals surface area (Å²) in [5.74, 6) is 0.929. The Hall–Kier alpha value is -1.91. The lowest BCUT2D eigenvalue weighted by Crippen LogP contribution is -2.61. The molecule has 0 aliphatic carbocycles. The van der Waals surface area contributed by atoms with E-state index in [1.54, 1.807) is 6.20 Å². The van der Waals surface area contributed by atoms with E-state index in [1.165, 1.54) is 5.56 Å². The van der Waals surface area contributed by atoms with Gasteiger partial charge in [-0.1, -0.05) is 24.3 Å². The van der Waals surface area contributed by atoms with Crippen LogP contribution in [0.2, 0.25) is 0 Å². The Bertz CT molecular complexity index is 696. The number of rotatable bonds is 6. The fourth-order valence-electron chi connectivity index (χ4n) is 4.15. The molecule has 0 spiro atoms. The van der Waals surface area contributed by atoms with Gasteiger partial charge in [0.1, 0.15) is 12.4 Å². The largest absolute Gasteiger partial charge is 0.487 e. The van der Waals surface area contributed by atoms with Crippen LogP contribution in [0.15, 0.2) is 48.7 Å². The number of ether oxygens (including phenoxy) is 1. The second-order valence-corrected chi connectivity index (χ2v) is 8.60. The van der Waals surface area contributed by atoms with Crippen molar-refractivity contribution in [3.05, 3.63) is 59.9 Å². The third kappa shape index (κ3) is 5.29. The van der Waals surface area contributed by atoms with Gasteiger partial charge in [-0.05, 0) is 58.7 Å². The number of benzene rings is 1. The maximum absolute atomic E-state index is 6.03. The minimum absolute atomic E-state index is 0.147. The number of nitrogens with zero attached hydrogens (tertiary/aromatic N) is 1. The molecular formula is C22H31N3O. The summed E-state index contributed by atoms with van der Waals surface area (Å²) in [5.41, 5.74) is 2.43. The molecule has 0 saturated carbocycles. The van der Waals surface area contributed by atoms with Gasteiger partial charge in [0.05, 0.1) is 5.69 Å². The second-order valence-electron chi connectivity index (χ2n) is 8.60. The van der Waals surface area contributed by atoms with Gasteiger partial charge in [0.2, 0.25) is 0 Å². The van der Waals surface area contributed by atoms with Gasteiger partial charge in [-0.3, -0.25) is 4.98 Å². The highest BCUT2D eigenvalue weighted by molar-refractivity contribution is 5.33. The quantitative estimate of drug-likeness (QED) is 0.822. The van der Waals surface area contributed by atoms with E-state index in [2.05, 4.69) is 55.4 Å². The Morgan fingerprint density at radius 3 is 2.42 bits per heavy atom. The van der Waals surface area contributed by atoms with Crippen molar-refractivity contribution in [3.63, 3.8) is 0 Å². The van der Waals surface area contributed by atoms with E-state index in [0.29, 0.717) is 12.6 Å². The first kappa shape index (κ1) is 18.9. The van der Waals surface area contributed by atoms with Gasteiger partial charge in [0, 0.05) is 35.4 Å². The first-order valence-corrected chi connectivity index (χ1v) is 9.46. The topological polar surface area (TPSA) is 46.2 Å². The molecule has 2 N–H and O–H groups in total. The van der Waals surface area contributed by atoms with Crippen LogP contribution in [0.3, 0.4) is 0 Å². The first-order valence-electron chi connectivity index (χ1n) is 9.46. The van der Waals surface area contributed by atoms with Crippen LogP contribution >= 0.6 is 0 Å². The van der Waals surface area contributed by atoms with E-state index >= 15 is 0 Å². The molecule has 0 bridgehead atoms. The summed E-state index contributed by atoms with van der Waals surface area (Å²) < 4.78 is 6.03. The Kier molecular flexibility index (Phi) is 5.64. The Labute approximate surface area is 157 Å². The van der Waals surface area contributed by atoms with E-state index < -0.39 is 0 Å². The number of nitrogens with one attached hydrogen (secondary N) is 2. The summed E-state index contributed by atoms with van der Waals surface area (Å²) in [7, 11) is 0. The van der Waals surface area contributed by atoms with Crippen LogP contribution in [0.25, 0.3) is 0 Å². The minimum atomic E-state index is 0.147. The van der Waals surface area contributed by atoms with Crippen molar-refractivity contribution in [2.24, 2.45) is 0 Å². The fourth-order valence-corrected chi connectivity index (χ4v) is 4.15. The molecule has 3 rings (SSSR count). The fraction of sp³-hybridized carbons (Fsp3) is 0.500. The van der Waals surface area contributed by atoms with Gasteiger partial charge < -0.3 is 15.4 Å². The number of hydrogen-bond acceptors (Lipinski definition) is 4. The van der Waals surface area contributed by atoms with Crippen LogP contribution in [0.4, 0.5) is 0 Å². The van der Waals surface area contributed by atoms with Gasteiger partial charge in [0.25, 0.3) is 0 Å². The van der Waals surface area contributed by atoms with Crippen LogP contribution in [-0.2, 0) is 13.2 Å². The molecule has 26 heavy (non-hydrogen) atoms. The van der Waals surface area contributed by atoms with Crippen molar-refractivity contribution >= 4 is 0 Å². The molecule has 0 unspecified atom stereocenters. The van der Waals surface area contributed by atoms with E-state index in [-0.39, 0.29) is 11.1 Å². The molecule has 1 aliphatic heterocycles. The highest BCUT2D eigenvalue weighted by Crippen LogP contribution is 2.29. The zero-order chi connectivity index (χ0) is 18.6. The van der Waals surface area contributed by atoms with Crippen LogP contribution in [0.5, 0.6) is 5.75 Å². The molecule has 1 aromatic heterocycles. The Balaban J connectivity index is 1.61. The molecule has 4 heteroatoms. The van der Waals surface area contributed by atoms with E-state index in [4.69, 9.17) is 4.74 Å². The normalized spacial score (nSPS) is 19.2. The smallest absolute Gasteiger partial charge is 0.130 e. The average Bonchev–Trinajstić information content (AvgIpc) is 2.57. The predicted molar refractivity (Wildman–Crippen MR) is 106 cm³/mol. The minimum Gasteiger partial charge on any atom is -0.487 e. The second kappa shape index (κ2) is 7.77. The van der Waals surface area contributed by atoms with Crippen molar-refractivity contribution < 1.29 is 4.74 Å². The lowest BCUT2D eigenvalue weighted by atomic mass is 9.79. The molecule has 0 atom stereocenters. The van der Waals surface area contributed by atoms with Crippen molar-refractivity contribution in [3.8, 4) is 5.75 Å². The molecule has 0 amide bonds. The first-order chi connectivity index (χ1) is 12.3. The number of piperidine rings is 1. The zero-order valence-electron chi connectivity index (χ0n) is 16.4. The monoisotopic (exact) mass is 353 g/mol. The van der Waals surface area contributed by atoms with Gasteiger partial charge in [-0.2, -0.15) is 0 Å². The highest BCUT2D eigenvalue weighted by Gasteiger charge is 2.37. The molecule has 140 valence electrons. The maximum atomic E-state index is 6.03. The van der Waals surface area contributed by atoms with Crippen molar-refractivity contribution in [2.75, 3.05) is 0 Å². The van der Waals surface area contributed by atoms with Crippen molar-refractivity contribution in [1.29, 1.82) is 0 Å². The SMILES string of the molecule is CC1(C)CC(NCc2ccccc2OCc2ccccn2)CC(C)(C)N1. The third-order valence-corrected chi connectivity index (χ3v) is 4.85. The molecule has 1 aliphatic rings. The van der Waals surface area contributed by atoms with E-state index in [1.807, 2.05) is 30.3 Å². The highest BCUT2D eigenvalue weighted by atomic mass is 16.5. The number of hydrogen-bond donors (Lipinski definition) is 2. The lowest BCUT2D eigenvalue weighted by Gasteiger charge is -2.46. The summed E-state index contributed by atoms with van der Waals surface area (Å²) in [6, 6.07) is 14.7. The summed E-state index contributed by atoms with van der Waals surface area (Å²) in [6.45, 7) is 10.4. The van der Waals surface area contributed by atoms with Crippen LogP contribution in [-0.4, -0.2) is 22.1 Å². The van der Waals surface area contributed by atoms with Crippen LogP contribution in [0.1, 0.15) is 51.8 Å². The summed E-state index contributed by atoms with van der Waals surface area (Å²) >= 11 is 0. The molecular weight excluding hydrogens is 322 g/mol. The zero-order valence-corrected chi connectivity index (χ0v) is 16.4. The van der Waals surface area contributed by atoms with Gasteiger partial charge in [-0.25, -0.2) is 0 Å². The molecule has 1 saturated heterocycles. The van der Waals surface area contributed by atoms with E-state index in [0.717, 1.165) is 30.8 Å². The number of aromatic nitrogens is 1. The molecule has 4 nitrogen and oxygen atoms in total. The third-order valence-electron chi connectivity index (χ3n) is 4.85. The van der Waals surface area contributed by atoms with Crippen molar-refractivity contribution in [1.82, 2.24) is 15.6 Å². The summed E-state index contributed by atoms with van der Waals surface area (Å²) in [4.78, 5) is 4.33. The molecule has 0 radical (unpaired) electrons. The van der Waals surface area contributed by atoms with Crippen LogP contribution < -0.4 is 15.4 Å². The summed E-state index contributed by atoms with van der Waals surface area (Å²) in [5, 5.41) is 7.49. The number of para-hydroxylation sites is 1. The standard InChI is InChI=1S/C22H31N3O/c1-21(2)13-19(14-22(3,4)25-21)24-15-17-9-5-6-11-20(17)26-16-18-10-7-8-12-23-18/h5-12,19,24-25H,13-16H2,1-4H3. The molecule has 2 aromatic rings.